The second-order valence-corrected chi connectivity index (χ2v) is 20.3. The standard InChI is InChI=1S/C45H71NO14/c1-21(2)22(3)10-11-23(4)25-15-19-45(41(55)56)27-12-13-29-42(6,7)30(16-17-43(29,8)26(27)14-18-44(25,45)9)58-40-37(35(52)34(51)36(59-40)38(53)54)60-39-31(46-24(5)48)33(50)32(49)28(20-47)57-39/h21,23,25,28-37,39-40,47,49-52H,3,10-20H2,1-2,4-9H3,(H,46,48)(H,53,54)(H,55,56)/t23-,25-,28-,29+,30+,31-,32-,33-,34+,35+,36+,37-,39+,40-,43-,44-,45+/m1/s1. The van der Waals surface area contributed by atoms with Crippen LogP contribution in [0.25, 0.3) is 0 Å². The molecule has 4 aliphatic carbocycles. The van der Waals surface area contributed by atoms with Crippen molar-refractivity contribution in [2.24, 2.45) is 45.3 Å². The number of rotatable bonds is 13. The van der Waals surface area contributed by atoms with Gasteiger partial charge in [-0.15, -0.1) is 0 Å². The third kappa shape index (κ3) is 7.69. The van der Waals surface area contributed by atoms with Gasteiger partial charge < -0.3 is 60.0 Å². The Labute approximate surface area is 353 Å². The lowest BCUT2D eigenvalue weighted by atomic mass is 9.43. The molecule has 2 aliphatic heterocycles. The van der Waals surface area contributed by atoms with E-state index in [4.69, 9.17) is 18.9 Å². The number of aliphatic hydroxyl groups is 5. The fourth-order valence-electron chi connectivity index (χ4n) is 13.1. The molecule has 0 unspecified atom stereocenters. The van der Waals surface area contributed by atoms with Crippen molar-refractivity contribution >= 4 is 17.8 Å². The van der Waals surface area contributed by atoms with Gasteiger partial charge in [0.2, 0.25) is 5.91 Å². The maximum atomic E-state index is 13.8. The summed E-state index contributed by atoms with van der Waals surface area (Å²) in [6.07, 6.45) is -8.28. The normalized spacial score (nSPS) is 44.3. The molecule has 6 aliphatic rings. The van der Waals surface area contributed by atoms with Crippen LogP contribution >= 0.6 is 0 Å². The summed E-state index contributed by atoms with van der Waals surface area (Å²) in [6, 6.07) is -1.39. The lowest BCUT2D eigenvalue weighted by Crippen LogP contribution is -2.68. The highest BCUT2D eigenvalue weighted by molar-refractivity contribution is 5.82. The predicted octanol–water partition coefficient (Wildman–Crippen LogP) is 3.67. The number of aliphatic carboxylic acids is 2. The fourth-order valence-corrected chi connectivity index (χ4v) is 13.1. The van der Waals surface area contributed by atoms with Crippen molar-refractivity contribution in [3.8, 4) is 0 Å². The van der Waals surface area contributed by atoms with E-state index in [-0.39, 0.29) is 22.7 Å². The Kier molecular flexibility index (Phi) is 13.5. The molecule has 4 fully saturated rings. The van der Waals surface area contributed by atoms with Gasteiger partial charge in [-0.25, -0.2) is 4.79 Å². The molecule has 0 aromatic heterocycles. The fraction of sp³-hybridized carbons (Fsp3) is 0.844. The second-order valence-electron chi connectivity index (χ2n) is 20.3. The third-order valence-electron chi connectivity index (χ3n) is 16.6. The van der Waals surface area contributed by atoms with Crippen molar-refractivity contribution in [2.45, 2.75) is 187 Å². The number of hydrogen-bond acceptors (Lipinski definition) is 12. The minimum Gasteiger partial charge on any atom is -0.481 e. The molecule has 340 valence electrons. The zero-order chi connectivity index (χ0) is 44.4. The summed E-state index contributed by atoms with van der Waals surface area (Å²) in [6.45, 7) is 20.0. The highest BCUT2D eigenvalue weighted by Crippen LogP contribution is 2.73. The topological polar surface area (TPSA) is 242 Å². The van der Waals surface area contributed by atoms with Gasteiger partial charge in [0, 0.05) is 6.92 Å². The number of aliphatic hydroxyl groups excluding tert-OH is 5. The monoisotopic (exact) mass is 849 g/mol. The Balaban J connectivity index is 1.28. The molecule has 6 rings (SSSR count). The molecule has 2 saturated heterocycles. The van der Waals surface area contributed by atoms with E-state index >= 15 is 0 Å². The average molecular weight is 850 g/mol. The molecule has 2 saturated carbocycles. The lowest BCUT2D eigenvalue weighted by molar-refractivity contribution is -0.363. The van der Waals surface area contributed by atoms with E-state index in [0.29, 0.717) is 43.9 Å². The van der Waals surface area contributed by atoms with Gasteiger partial charge in [0.05, 0.1) is 18.1 Å². The van der Waals surface area contributed by atoms with Crippen molar-refractivity contribution in [3.63, 3.8) is 0 Å². The first kappa shape index (κ1) is 47.0. The van der Waals surface area contributed by atoms with Crippen LogP contribution in [0.5, 0.6) is 0 Å². The van der Waals surface area contributed by atoms with E-state index in [2.05, 4.69) is 60.4 Å². The first-order valence-electron chi connectivity index (χ1n) is 22.1. The predicted molar refractivity (Wildman–Crippen MR) is 217 cm³/mol. The average Bonchev–Trinajstić information content (AvgIpc) is 3.50. The van der Waals surface area contributed by atoms with Crippen LogP contribution in [0.3, 0.4) is 0 Å². The summed E-state index contributed by atoms with van der Waals surface area (Å²) in [7, 11) is 0. The second kappa shape index (κ2) is 17.2. The van der Waals surface area contributed by atoms with E-state index in [0.717, 1.165) is 37.7 Å². The number of carbonyl (C=O) groups is 3. The number of nitrogens with one attached hydrogen (secondary N) is 1. The van der Waals surface area contributed by atoms with Crippen LogP contribution in [0.15, 0.2) is 23.3 Å². The van der Waals surface area contributed by atoms with E-state index in [1.807, 2.05) is 0 Å². The summed E-state index contributed by atoms with van der Waals surface area (Å²) < 4.78 is 24.4. The number of carbonyl (C=O) groups excluding carboxylic acids is 1. The van der Waals surface area contributed by atoms with Crippen LogP contribution in [0.2, 0.25) is 0 Å². The van der Waals surface area contributed by atoms with Crippen LogP contribution in [-0.2, 0) is 33.3 Å². The van der Waals surface area contributed by atoms with Crippen molar-refractivity contribution in [3.05, 3.63) is 23.3 Å². The maximum absolute atomic E-state index is 13.8. The van der Waals surface area contributed by atoms with Gasteiger partial charge >= 0.3 is 11.9 Å². The van der Waals surface area contributed by atoms with Gasteiger partial charge in [-0.2, -0.15) is 0 Å². The molecule has 2 heterocycles. The number of ether oxygens (including phenoxy) is 4. The SMILES string of the molecule is C=C(CC[C@@H](C)[C@H]1CC[C@@]2(C(=O)O)C3=C(CC[C@]12C)[C@@]1(C)CC[C@H](O[C@@H]2O[C@H](C(=O)O)[C@@H](O)[C@H](O)[C@H]2O[C@@H]2O[C@H](CO)[C@@H](O)[C@H](O)[C@H]2NC(C)=O)C(C)(C)[C@@H]1CC3)C(C)C. The van der Waals surface area contributed by atoms with Crippen LogP contribution < -0.4 is 5.32 Å². The number of carboxylic acid groups (broad SMARTS) is 2. The molecule has 17 atom stereocenters. The van der Waals surface area contributed by atoms with Crippen LogP contribution in [-0.4, -0.2) is 128 Å². The molecule has 0 bridgehead atoms. The van der Waals surface area contributed by atoms with Gasteiger partial charge in [-0.3, -0.25) is 9.59 Å². The van der Waals surface area contributed by atoms with Gasteiger partial charge in [0.1, 0.15) is 42.7 Å². The molecular weight excluding hydrogens is 778 g/mol. The molecule has 0 aromatic rings. The molecule has 15 nitrogen and oxygen atoms in total. The Morgan fingerprint density at radius 1 is 0.850 bits per heavy atom. The minimum absolute atomic E-state index is 0.0254. The smallest absolute Gasteiger partial charge is 0.335 e. The van der Waals surface area contributed by atoms with Crippen molar-refractivity contribution in [2.75, 3.05) is 6.61 Å². The van der Waals surface area contributed by atoms with E-state index in [9.17, 15) is 50.1 Å². The number of hydrogen-bond donors (Lipinski definition) is 8. The van der Waals surface area contributed by atoms with Crippen LogP contribution in [0.4, 0.5) is 0 Å². The Bertz CT molecular complexity index is 1680. The molecule has 0 radical (unpaired) electrons. The maximum Gasteiger partial charge on any atom is 0.335 e. The lowest BCUT2D eigenvalue weighted by Gasteiger charge is -2.62. The number of carboxylic acids is 2. The highest BCUT2D eigenvalue weighted by Gasteiger charge is 2.68. The summed E-state index contributed by atoms with van der Waals surface area (Å²) in [5, 5.41) is 77.4. The molecule has 0 spiro atoms. The highest BCUT2D eigenvalue weighted by atomic mass is 16.8. The molecule has 1 amide bonds. The molecule has 15 heteroatoms. The summed E-state index contributed by atoms with van der Waals surface area (Å²) in [5.74, 6) is -1.80. The third-order valence-corrected chi connectivity index (χ3v) is 16.6. The van der Waals surface area contributed by atoms with Crippen molar-refractivity contribution < 1.29 is 69.1 Å². The number of fused-ring (bicyclic) bond motifs is 4. The van der Waals surface area contributed by atoms with E-state index in [1.165, 1.54) is 18.1 Å². The molecule has 60 heavy (non-hydrogen) atoms. The largest absolute Gasteiger partial charge is 0.481 e. The minimum atomic E-state index is -1.97. The first-order valence-corrected chi connectivity index (χ1v) is 22.1. The number of amides is 1. The van der Waals surface area contributed by atoms with E-state index in [1.54, 1.807) is 0 Å². The molecular formula is C45H71NO14. The quantitative estimate of drug-likeness (QED) is 0.123. The zero-order valence-corrected chi connectivity index (χ0v) is 36.6. The number of allylic oxidation sites excluding steroid dienone is 2. The zero-order valence-electron chi connectivity index (χ0n) is 36.6. The summed E-state index contributed by atoms with van der Waals surface area (Å²) >= 11 is 0. The van der Waals surface area contributed by atoms with Crippen molar-refractivity contribution in [1.29, 1.82) is 0 Å². The van der Waals surface area contributed by atoms with Crippen LogP contribution in [0.1, 0.15) is 120 Å². The molecule has 8 N–H and O–H groups in total. The van der Waals surface area contributed by atoms with Gasteiger partial charge in [0.25, 0.3) is 0 Å². The first-order chi connectivity index (χ1) is 28.0. The molecule has 0 aromatic carbocycles. The van der Waals surface area contributed by atoms with Gasteiger partial charge in [0.15, 0.2) is 18.7 Å². The Morgan fingerprint density at radius 2 is 1.53 bits per heavy atom. The summed E-state index contributed by atoms with van der Waals surface area (Å²) in [5.41, 5.74) is 1.32. The van der Waals surface area contributed by atoms with E-state index < -0.39 is 103 Å². The van der Waals surface area contributed by atoms with Gasteiger partial charge in [-0.1, -0.05) is 71.8 Å². The van der Waals surface area contributed by atoms with Gasteiger partial charge in [-0.05, 0) is 104 Å². The Hall–Kier alpha value is -2.47. The van der Waals surface area contributed by atoms with Crippen molar-refractivity contribution in [1.82, 2.24) is 5.32 Å². The Morgan fingerprint density at radius 3 is 2.13 bits per heavy atom. The van der Waals surface area contributed by atoms with Crippen LogP contribution in [0, 0.1) is 45.3 Å². The summed E-state index contributed by atoms with van der Waals surface area (Å²) in [4.78, 5) is 38.2.